The summed E-state index contributed by atoms with van der Waals surface area (Å²) < 4.78 is 43.4. The maximum absolute atomic E-state index is 13.2. The Morgan fingerprint density at radius 2 is 1.59 bits per heavy atom. The number of likely N-dealkylation sites (tertiary alicyclic amines) is 1. The molecule has 0 N–H and O–H groups in total. The van der Waals surface area contributed by atoms with Gasteiger partial charge < -0.3 is 14.5 Å². The van der Waals surface area contributed by atoms with Crippen LogP contribution in [0.25, 0.3) is 0 Å². The highest BCUT2D eigenvalue weighted by Crippen LogP contribution is 2.25. The Labute approximate surface area is 189 Å². The molecule has 1 saturated heterocycles. The third-order valence-corrected chi connectivity index (χ3v) is 5.79. The summed E-state index contributed by atoms with van der Waals surface area (Å²) in [6.45, 7) is 0.218. The molecule has 0 atom stereocenters. The van der Waals surface area contributed by atoms with Crippen LogP contribution in [-0.4, -0.2) is 54.0 Å². The molecule has 1 aliphatic heterocycles. The summed E-state index contributed by atoms with van der Waals surface area (Å²) in [7, 11) is 1.56. The number of nitrogens with zero attached hydrogens (tertiary/aromatic N) is 2. The molecule has 9 heteroatoms. The van der Waals surface area contributed by atoms with Gasteiger partial charge in [0.2, 0.25) is 5.91 Å². The largest absolute Gasteiger partial charge is 0.497 e. The van der Waals surface area contributed by atoms with Gasteiger partial charge in [0.1, 0.15) is 5.75 Å². The molecule has 1 aliphatic rings. The number of benzene rings is 2. The Kier molecular flexibility index (Phi) is 7.66. The van der Waals surface area contributed by atoms with Crippen LogP contribution < -0.4 is 4.74 Å². The molecule has 0 aromatic heterocycles. The Hall–Kier alpha value is -2.74. The number of carbonyl (C=O) groups is 2. The second-order valence-corrected chi connectivity index (χ2v) is 8.13. The zero-order valence-electron chi connectivity index (χ0n) is 17.6. The van der Waals surface area contributed by atoms with Gasteiger partial charge in [-0.15, -0.1) is 0 Å². The van der Waals surface area contributed by atoms with E-state index in [-0.39, 0.29) is 44.3 Å². The maximum Gasteiger partial charge on any atom is 0.471 e. The quantitative estimate of drug-likeness (QED) is 0.628. The lowest BCUT2D eigenvalue weighted by Gasteiger charge is -2.39. The molecule has 0 spiro atoms. The molecule has 0 radical (unpaired) electrons. The van der Waals surface area contributed by atoms with Gasteiger partial charge in [-0.25, -0.2) is 0 Å². The molecule has 0 bridgehead atoms. The lowest BCUT2D eigenvalue weighted by molar-refractivity contribution is -0.187. The van der Waals surface area contributed by atoms with E-state index in [4.69, 9.17) is 16.3 Å². The van der Waals surface area contributed by atoms with Crippen molar-refractivity contribution in [1.82, 2.24) is 9.80 Å². The molecule has 172 valence electrons. The van der Waals surface area contributed by atoms with E-state index in [1.54, 1.807) is 36.3 Å². The van der Waals surface area contributed by atoms with Crippen molar-refractivity contribution in [3.8, 4) is 5.75 Å². The molecule has 1 heterocycles. The van der Waals surface area contributed by atoms with E-state index >= 15 is 0 Å². The Morgan fingerprint density at radius 3 is 2.12 bits per heavy atom. The van der Waals surface area contributed by atoms with Crippen LogP contribution in [0, 0.1) is 0 Å². The molecule has 3 rings (SSSR count). The summed E-state index contributed by atoms with van der Waals surface area (Å²) in [5.41, 5.74) is 1.67. The molecule has 0 saturated carbocycles. The predicted octanol–water partition coefficient (Wildman–Crippen LogP) is 4.47. The summed E-state index contributed by atoms with van der Waals surface area (Å²) in [4.78, 5) is 27.3. The Morgan fingerprint density at radius 1 is 1.03 bits per heavy atom. The van der Waals surface area contributed by atoms with Gasteiger partial charge in [0.05, 0.1) is 13.5 Å². The molecule has 1 fully saturated rings. The number of hydrogen-bond acceptors (Lipinski definition) is 3. The van der Waals surface area contributed by atoms with Crippen LogP contribution in [0.15, 0.2) is 48.5 Å². The van der Waals surface area contributed by atoms with E-state index < -0.39 is 12.1 Å². The summed E-state index contributed by atoms with van der Waals surface area (Å²) >= 11 is 5.95. The number of piperidine rings is 1. The van der Waals surface area contributed by atoms with Crippen LogP contribution in [0.1, 0.15) is 24.0 Å². The van der Waals surface area contributed by atoms with Crippen molar-refractivity contribution in [2.75, 3.05) is 20.2 Å². The van der Waals surface area contributed by atoms with Crippen molar-refractivity contribution < 1.29 is 27.5 Å². The third kappa shape index (κ3) is 6.16. The first kappa shape index (κ1) is 23.9. The van der Waals surface area contributed by atoms with E-state index in [1.165, 1.54) is 0 Å². The molecule has 32 heavy (non-hydrogen) atoms. The molecule has 2 amide bonds. The molecule has 5 nitrogen and oxygen atoms in total. The SMILES string of the molecule is COc1ccc(CC(=O)N(Cc2ccc(Cl)cc2)C2CCN(C(=O)C(F)(F)F)CC2)cc1. The first-order chi connectivity index (χ1) is 15.2. The van der Waals surface area contributed by atoms with Crippen LogP contribution >= 0.6 is 11.6 Å². The van der Waals surface area contributed by atoms with Crippen molar-refractivity contribution >= 4 is 23.4 Å². The van der Waals surface area contributed by atoms with Crippen LogP contribution in [0.3, 0.4) is 0 Å². The highest BCUT2D eigenvalue weighted by Gasteiger charge is 2.43. The molecule has 2 aromatic rings. The smallest absolute Gasteiger partial charge is 0.471 e. The van der Waals surface area contributed by atoms with Crippen LogP contribution in [-0.2, 0) is 22.6 Å². The van der Waals surface area contributed by atoms with E-state index in [9.17, 15) is 22.8 Å². The van der Waals surface area contributed by atoms with Crippen LogP contribution in [0.2, 0.25) is 5.02 Å². The number of methoxy groups -OCH3 is 1. The highest BCUT2D eigenvalue weighted by atomic mass is 35.5. The van der Waals surface area contributed by atoms with E-state index in [0.717, 1.165) is 16.0 Å². The number of amides is 2. The van der Waals surface area contributed by atoms with Crippen LogP contribution in [0.5, 0.6) is 5.75 Å². The molecule has 0 unspecified atom stereocenters. The molecular formula is C23H24ClF3N2O3. The zero-order valence-corrected chi connectivity index (χ0v) is 18.3. The topological polar surface area (TPSA) is 49.9 Å². The van der Waals surface area contributed by atoms with Gasteiger partial charge in [0.25, 0.3) is 0 Å². The predicted molar refractivity (Wildman–Crippen MR) is 114 cm³/mol. The fourth-order valence-electron chi connectivity index (χ4n) is 3.79. The standard InChI is InChI=1S/C23H24ClF3N2O3/c1-32-20-8-4-16(5-9-20)14-21(30)29(15-17-2-6-18(24)7-3-17)19-10-12-28(13-11-19)22(31)23(25,26)27/h2-9,19H,10-15H2,1H3. The average Bonchev–Trinajstić information content (AvgIpc) is 2.78. The first-order valence-electron chi connectivity index (χ1n) is 10.2. The average molecular weight is 469 g/mol. The minimum Gasteiger partial charge on any atom is -0.497 e. The number of hydrogen-bond donors (Lipinski definition) is 0. The third-order valence-electron chi connectivity index (χ3n) is 5.54. The van der Waals surface area contributed by atoms with Gasteiger partial charge >= 0.3 is 12.1 Å². The number of halogens is 4. The van der Waals surface area contributed by atoms with E-state index in [1.807, 2.05) is 24.3 Å². The first-order valence-corrected chi connectivity index (χ1v) is 10.6. The summed E-state index contributed by atoms with van der Waals surface area (Å²) in [6.07, 6.45) is -4.17. The summed E-state index contributed by atoms with van der Waals surface area (Å²) in [5, 5.41) is 0.573. The molecule has 0 aliphatic carbocycles. The fourth-order valence-corrected chi connectivity index (χ4v) is 3.91. The normalized spacial score (nSPS) is 14.8. The molecule has 2 aromatic carbocycles. The minimum atomic E-state index is -4.89. The summed E-state index contributed by atoms with van der Waals surface area (Å²) in [5.74, 6) is -1.28. The van der Waals surface area contributed by atoms with Crippen molar-refractivity contribution in [2.24, 2.45) is 0 Å². The van der Waals surface area contributed by atoms with Crippen molar-refractivity contribution in [3.05, 3.63) is 64.7 Å². The number of rotatable bonds is 6. The van der Waals surface area contributed by atoms with E-state index in [2.05, 4.69) is 0 Å². The number of alkyl halides is 3. The highest BCUT2D eigenvalue weighted by molar-refractivity contribution is 6.30. The maximum atomic E-state index is 13.2. The number of carbonyl (C=O) groups excluding carboxylic acids is 2. The van der Waals surface area contributed by atoms with Crippen molar-refractivity contribution in [3.63, 3.8) is 0 Å². The second-order valence-electron chi connectivity index (χ2n) is 7.69. The summed E-state index contributed by atoms with van der Waals surface area (Å²) in [6, 6.07) is 14.0. The minimum absolute atomic E-state index is 0.0457. The van der Waals surface area contributed by atoms with Crippen LogP contribution in [0.4, 0.5) is 13.2 Å². The van der Waals surface area contributed by atoms with Gasteiger partial charge in [0.15, 0.2) is 0 Å². The zero-order chi connectivity index (χ0) is 23.3. The Bertz CT molecular complexity index is 925. The second kappa shape index (κ2) is 10.3. The fraction of sp³-hybridized carbons (Fsp3) is 0.391. The monoisotopic (exact) mass is 468 g/mol. The Balaban J connectivity index is 1.73. The van der Waals surface area contributed by atoms with Gasteiger partial charge in [-0.1, -0.05) is 35.9 Å². The van der Waals surface area contributed by atoms with Gasteiger partial charge in [-0.3, -0.25) is 9.59 Å². The number of ether oxygens (including phenoxy) is 1. The van der Waals surface area contributed by atoms with Crippen molar-refractivity contribution in [1.29, 1.82) is 0 Å². The van der Waals surface area contributed by atoms with Crippen molar-refractivity contribution in [2.45, 2.75) is 38.0 Å². The van der Waals surface area contributed by atoms with Gasteiger partial charge in [-0.2, -0.15) is 13.2 Å². The lowest BCUT2D eigenvalue weighted by atomic mass is 10.0. The van der Waals surface area contributed by atoms with Gasteiger partial charge in [-0.05, 0) is 48.2 Å². The molecular weight excluding hydrogens is 445 g/mol. The van der Waals surface area contributed by atoms with Gasteiger partial charge in [0, 0.05) is 30.7 Å². The lowest BCUT2D eigenvalue weighted by Crippen LogP contribution is -2.51. The van der Waals surface area contributed by atoms with E-state index in [0.29, 0.717) is 17.3 Å².